The highest BCUT2D eigenvalue weighted by molar-refractivity contribution is 7.89. The van der Waals surface area contributed by atoms with Crippen molar-refractivity contribution in [2.24, 2.45) is 5.41 Å². The summed E-state index contributed by atoms with van der Waals surface area (Å²) in [5.41, 5.74) is 3.77. The summed E-state index contributed by atoms with van der Waals surface area (Å²) >= 11 is 0. The minimum atomic E-state index is -3.34. The van der Waals surface area contributed by atoms with Gasteiger partial charge in [0.05, 0.1) is 24.7 Å². The van der Waals surface area contributed by atoms with Crippen LogP contribution in [0.4, 0.5) is 0 Å². The van der Waals surface area contributed by atoms with Gasteiger partial charge in [-0.25, -0.2) is 13.1 Å². The van der Waals surface area contributed by atoms with Crippen LogP contribution in [0.15, 0.2) is 36.5 Å². The Morgan fingerprint density at radius 2 is 1.70 bits per heavy atom. The predicted octanol–water partition coefficient (Wildman–Crippen LogP) is 4.17. The SMILES string of the molecule is COc1c(CC(=O)c2ccc(C)c(-n3cc(C(=O)NCC(C)(C)CN(C)C)nn3)c2)cc(C(C)(C)C)cc1CS(C)(=O)=O. The van der Waals surface area contributed by atoms with Gasteiger partial charge >= 0.3 is 0 Å². The van der Waals surface area contributed by atoms with Crippen LogP contribution in [0.1, 0.15) is 77.7 Å². The molecule has 0 aliphatic carbocycles. The van der Waals surface area contributed by atoms with Crippen molar-refractivity contribution < 1.29 is 22.7 Å². The molecular formula is C32H45N5O5S. The zero-order valence-corrected chi connectivity index (χ0v) is 27.8. The Morgan fingerprint density at radius 3 is 2.28 bits per heavy atom. The molecule has 10 nitrogen and oxygen atoms in total. The maximum atomic E-state index is 13.6. The average molecular weight is 612 g/mol. The first-order chi connectivity index (χ1) is 19.8. The second-order valence-electron chi connectivity index (χ2n) is 13.4. The number of aryl methyl sites for hydroxylation is 1. The molecule has 0 saturated heterocycles. The number of hydrogen-bond donors (Lipinski definition) is 1. The minimum Gasteiger partial charge on any atom is -0.496 e. The topological polar surface area (TPSA) is 123 Å². The lowest BCUT2D eigenvalue weighted by atomic mass is 9.84. The molecule has 0 radical (unpaired) electrons. The van der Waals surface area contributed by atoms with E-state index in [0.717, 1.165) is 17.7 Å². The van der Waals surface area contributed by atoms with Gasteiger partial charge in [-0.15, -0.1) is 5.10 Å². The fraction of sp³-hybridized carbons (Fsp3) is 0.500. The largest absolute Gasteiger partial charge is 0.496 e. The van der Waals surface area contributed by atoms with Crippen LogP contribution in [0.25, 0.3) is 5.69 Å². The van der Waals surface area contributed by atoms with Gasteiger partial charge in [-0.2, -0.15) is 0 Å². The molecule has 0 saturated carbocycles. The van der Waals surface area contributed by atoms with E-state index in [1.54, 1.807) is 18.3 Å². The number of aromatic nitrogens is 3. The summed E-state index contributed by atoms with van der Waals surface area (Å²) in [7, 11) is 2.13. The van der Waals surface area contributed by atoms with E-state index < -0.39 is 9.84 Å². The molecule has 2 aromatic carbocycles. The highest BCUT2D eigenvalue weighted by atomic mass is 32.2. The monoisotopic (exact) mass is 611 g/mol. The number of carbonyl (C=O) groups excluding carboxylic acids is 2. The van der Waals surface area contributed by atoms with E-state index in [9.17, 15) is 18.0 Å². The van der Waals surface area contributed by atoms with Crippen LogP contribution >= 0.6 is 0 Å². The van der Waals surface area contributed by atoms with Crippen LogP contribution in [-0.2, 0) is 27.4 Å². The Kier molecular flexibility index (Phi) is 10.2. The van der Waals surface area contributed by atoms with E-state index in [2.05, 4.69) is 34.4 Å². The molecule has 0 atom stereocenters. The quantitative estimate of drug-likeness (QED) is 0.303. The van der Waals surface area contributed by atoms with Gasteiger partial charge in [0.15, 0.2) is 21.3 Å². The molecule has 1 N–H and O–H groups in total. The first-order valence-corrected chi connectivity index (χ1v) is 16.2. The average Bonchev–Trinajstić information content (AvgIpc) is 3.35. The molecule has 1 aromatic heterocycles. The molecule has 0 unspecified atom stereocenters. The van der Waals surface area contributed by atoms with Crippen LogP contribution in [-0.4, -0.2) is 80.6 Å². The maximum absolute atomic E-state index is 13.6. The van der Waals surface area contributed by atoms with E-state index in [-0.39, 0.29) is 40.4 Å². The Bertz CT molecular complexity index is 1600. The van der Waals surface area contributed by atoms with Gasteiger partial charge in [0, 0.05) is 42.5 Å². The molecule has 11 heteroatoms. The standard InChI is InChI=1S/C32H45N5O5S/c1-21-11-12-22(15-27(21)37-17-26(34-35-37)30(39)33-19-32(5,6)20-36(7)8)28(38)16-23-13-25(31(2,3)4)14-24(29(23)42-9)18-43(10,40)41/h11-15,17H,16,18-20H2,1-10H3,(H,33,39). The van der Waals surface area contributed by atoms with E-state index in [1.807, 2.05) is 60.0 Å². The van der Waals surface area contributed by atoms with E-state index in [1.165, 1.54) is 18.0 Å². The van der Waals surface area contributed by atoms with Gasteiger partial charge < -0.3 is 15.0 Å². The van der Waals surface area contributed by atoms with Gasteiger partial charge in [-0.1, -0.05) is 64.1 Å². The lowest BCUT2D eigenvalue weighted by Gasteiger charge is -2.28. The van der Waals surface area contributed by atoms with Crippen molar-refractivity contribution >= 4 is 21.5 Å². The number of ether oxygens (including phenoxy) is 1. The van der Waals surface area contributed by atoms with Gasteiger partial charge in [0.25, 0.3) is 5.91 Å². The second-order valence-corrected chi connectivity index (χ2v) is 15.5. The van der Waals surface area contributed by atoms with Gasteiger partial charge in [-0.05, 0) is 49.0 Å². The van der Waals surface area contributed by atoms with Crippen LogP contribution in [0.5, 0.6) is 5.75 Å². The lowest BCUT2D eigenvalue weighted by molar-refractivity contribution is 0.0923. The summed E-state index contributed by atoms with van der Waals surface area (Å²) in [4.78, 5) is 28.5. The number of rotatable bonds is 12. The molecule has 0 aliphatic rings. The number of carbonyl (C=O) groups is 2. The van der Waals surface area contributed by atoms with Crippen LogP contribution in [0.3, 0.4) is 0 Å². The smallest absolute Gasteiger partial charge is 0.273 e. The summed E-state index contributed by atoms with van der Waals surface area (Å²) in [5.74, 6) is -0.277. The highest BCUT2D eigenvalue weighted by Crippen LogP contribution is 2.34. The minimum absolute atomic E-state index is 0.0140. The van der Waals surface area contributed by atoms with E-state index >= 15 is 0 Å². The van der Waals surface area contributed by atoms with Crippen molar-refractivity contribution in [2.45, 2.75) is 59.1 Å². The number of methoxy groups -OCH3 is 1. The van der Waals surface area contributed by atoms with Crippen molar-refractivity contribution in [3.8, 4) is 11.4 Å². The summed E-state index contributed by atoms with van der Waals surface area (Å²) < 4.78 is 31.5. The molecule has 3 aromatic rings. The van der Waals surface area contributed by atoms with Crippen LogP contribution < -0.4 is 10.1 Å². The molecule has 0 fully saturated rings. The van der Waals surface area contributed by atoms with E-state index in [4.69, 9.17) is 4.74 Å². The highest BCUT2D eigenvalue weighted by Gasteiger charge is 2.24. The Morgan fingerprint density at radius 1 is 1.05 bits per heavy atom. The van der Waals surface area contributed by atoms with Crippen molar-refractivity contribution in [1.29, 1.82) is 0 Å². The van der Waals surface area contributed by atoms with Crippen molar-refractivity contribution in [3.63, 3.8) is 0 Å². The normalized spacial score (nSPS) is 12.4. The summed E-state index contributed by atoms with van der Waals surface area (Å²) in [5, 5.41) is 11.2. The van der Waals surface area contributed by atoms with Crippen molar-refractivity contribution in [2.75, 3.05) is 40.6 Å². The summed E-state index contributed by atoms with van der Waals surface area (Å²) in [6.45, 7) is 13.4. The third kappa shape index (κ3) is 9.21. The van der Waals surface area contributed by atoms with Crippen LogP contribution in [0.2, 0.25) is 0 Å². The molecule has 43 heavy (non-hydrogen) atoms. The fourth-order valence-corrected chi connectivity index (χ4v) is 5.86. The summed E-state index contributed by atoms with van der Waals surface area (Å²) in [6, 6.07) is 9.06. The number of Topliss-reactive ketones (excluding diaryl/α,β-unsaturated/α-hetero) is 1. The molecule has 3 rings (SSSR count). The first-order valence-electron chi connectivity index (χ1n) is 14.2. The number of hydrogen-bond acceptors (Lipinski definition) is 8. The zero-order valence-electron chi connectivity index (χ0n) is 27.0. The van der Waals surface area contributed by atoms with Gasteiger partial charge in [0.1, 0.15) is 5.75 Å². The predicted molar refractivity (Wildman–Crippen MR) is 169 cm³/mol. The first kappa shape index (κ1) is 33.9. The van der Waals surface area contributed by atoms with Gasteiger partial charge in [-0.3, -0.25) is 9.59 Å². The van der Waals surface area contributed by atoms with E-state index in [0.29, 0.717) is 34.7 Å². The third-order valence-corrected chi connectivity index (χ3v) is 7.89. The third-order valence-electron chi connectivity index (χ3n) is 7.06. The van der Waals surface area contributed by atoms with Crippen molar-refractivity contribution in [1.82, 2.24) is 25.2 Å². The number of sulfone groups is 1. The molecule has 0 spiro atoms. The number of nitrogens with zero attached hydrogens (tertiary/aromatic N) is 4. The summed E-state index contributed by atoms with van der Waals surface area (Å²) in [6.07, 6.45) is 2.75. The second kappa shape index (κ2) is 13.0. The van der Waals surface area contributed by atoms with Crippen LogP contribution in [0, 0.1) is 12.3 Å². The molecule has 1 amide bonds. The number of amides is 1. The molecular weight excluding hydrogens is 566 g/mol. The number of ketones is 1. The molecule has 1 heterocycles. The molecule has 234 valence electrons. The molecule has 0 aliphatic heterocycles. The maximum Gasteiger partial charge on any atom is 0.273 e. The number of nitrogens with one attached hydrogen (secondary N) is 1. The van der Waals surface area contributed by atoms with Gasteiger partial charge in [0.2, 0.25) is 0 Å². The Balaban J connectivity index is 1.90. The zero-order chi connectivity index (χ0) is 32.3. The van der Waals surface area contributed by atoms with Crippen molar-refractivity contribution in [3.05, 3.63) is 70.0 Å². The lowest BCUT2D eigenvalue weighted by Crippen LogP contribution is -2.40. The molecule has 0 bridgehead atoms. The Hall–Kier alpha value is -3.57. The fourth-order valence-electron chi connectivity index (χ4n) is 5.08. The Labute approximate surface area is 255 Å². The number of benzene rings is 2.